The first-order valence-corrected chi connectivity index (χ1v) is 5.70. The van der Waals surface area contributed by atoms with Crippen LogP contribution >= 0.6 is 23.1 Å². The van der Waals surface area contributed by atoms with Gasteiger partial charge in [0.1, 0.15) is 5.01 Å². The Hall–Kier alpha value is -0.0900. The third-order valence-electron chi connectivity index (χ3n) is 1.14. The lowest BCUT2D eigenvalue weighted by atomic mass is 10.0. The highest BCUT2D eigenvalue weighted by molar-refractivity contribution is 8.01. The molecule has 1 aromatic heterocycles. The van der Waals surface area contributed by atoms with Crippen molar-refractivity contribution in [3.05, 3.63) is 5.01 Å². The molecule has 0 aliphatic carbocycles. The summed E-state index contributed by atoms with van der Waals surface area (Å²) in [7, 11) is 0. The summed E-state index contributed by atoms with van der Waals surface area (Å²) in [6.07, 6.45) is 0. The lowest BCUT2D eigenvalue weighted by Gasteiger charge is -2.15. The van der Waals surface area contributed by atoms with E-state index in [1.54, 1.807) is 23.1 Å². The van der Waals surface area contributed by atoms with Crippen molar-refractivity contribution in [2.45, 2.75) is 32.0 Å². The monoisotopic (exact) mass is 202 g/mol. The summed E-state index contributed by atoms with van der Waals surface area (Å²) in [5.74, 6) is 1.10. The first kappa shape index (κ1) is 9.99. The Morgan fingerprint density at radius 3 is 2.42 bits per heavy atom. The third-order valence-corrected chi connectivity index (χ3v) is 3.71. The van der Waals surface area contributed by atoms with Gasteiger partial charge in [-0.15, -0.1) is 10.2 Å². The van der Waals surface area contributed by atoms with Gasteiger partial charge in [-0.3, -0.25) is 0 Å². The van der Waals surface area contributed by atoms with Crippen LogP contribution in [-0.2, 0) is 0 Å². The van der Waals surface area contributed by atoms with Crippen LogP contribution in [0, 0.1) is 12.3 Å². The van der Waals surface area contributed by atoms with Crippen LogP contribution < -0.4 is 0 Å². The van der Waals surface area contributed by atoms with Crippen molar-refractivity contribution in [1.82, 2.24) is 10.2 Å². The molecule has 68 valence electrons. The zero-order valence-electron chi connectivity index (χ0n) is 7.92. The van der Waals surface area contributed by atoms with Gasteiger partial charge in [-0.25, -0.2) is 0 Å². The molecule has 4 heteroatoms. The van der Waals surface area contributed by atoms with E-state index in [-0.39, 0.29) is 0 Å². The average Bonchev–Trinajstić information content (AvgIpc) is 2.30. The van der Waals surface area contributed by atoms with E-state index in [0.29, 0.717) is 5.41 Å². The lowest BCUT2D eigenvalue weighted by molar-refractivity contribution is 0.480. The highest BCUT2D eigenvalue weighted by Gasteiger charge is 2.12. The molecule has 1 aromatic rings. The first-order chi connectivity index (χ1) is 5.47. The minimum Gasteiger partial charge on any atom is -0.143 e. The lowest BCUT2D eigenvalue weighted by Crippen LogP contribution is -2.07. The molecular formula is C8H14N2S2. The Morgan fingerprint density at radius 2 is 2.00 bits per heavy atom. The van der Waals surface area contributed by atoms with Crippen LogP contribution in [0.15, 0.2) is 4.34 Å². The Kier molecular flexibility index (Phi) is 3.12. The van der Waals surface area contributed by atoms with E-state index in [1.807, 2.05) is 6.92 Å². The summed E-state index contributed by atoms with van der Waals surface area (Å²) in [6, 6.07) is 0. The predicted molar refractivity (Wildman–Crippen MR) is 54.8 cm³/mol. The van der Waals surface area contributed by atoms with Crippen LogP contribution in [0.3, 0.4) is 0 Å². The quantitative estimate of drug-likeness (QED) is 0.689. The first-order valence-electron chi connectivity index (χ1n) is 3.90. The fraction of sp³-hybridized carbons (Fsp3) is 0.750. The molecule has 0 bridgehead atoms. The molecule has 0 aromatic carbocycles. The van der Waals surface area contributed by atoms with Crippen LogP contribution in [0.2, 0.25) is 0 Å². The predicted octanol–water partition coefficient (Wildman–Crippen LogP) is 2.98. The molecule has 0 aliphatic heterocycles. The van der Waals surface area contributed by atoms with Crippen molar-refractivity contribution in [1.29, 1.82) is 0 Å². The van der Waals surface area contributed by atoms with Gasteiger partial charge in [0.05, 0.1) is 0 Å². The van der Waals surface area contributed by atoms with Crippen LogP contribution in [-0.4, -0.2) is 16.0 Å². The molecule has 0 N–H and O–H groups in total. The number of aryl methyl sites for hydroxylation is 1. The van der Waals surface area contributed by atoms with Crippen LogP contribution in [0.4, 0.5) is 0 Å². The van der Waals surface area contributed by atoms with E-state index in [4.69, 9.17) is 0 Å². The molecule has 0 radical (unpaired) electrons. The van der Waals surface area contributed by atoms with Crippen LogP contribution in [0.25, 0.3) is 0 Å². The van der Waals surface area contributed by atoms with Gasteiger partial charge < -0.3 is 0 Å². The largest absolute Gasteiger partial charge is 0.174 e. The van der Waals surface area contributed by atoms with Gasteiger partial charge >= 0.3 is 0 Å². The van der Waals surface area contributed by atoms with Gasteiger partial charge in [0, 0.05) is 5.75 Å². The van der Waals surface area contributed by atoms with Crippen molar-refractivity contribution in [3.63, 3.8) is 0 Å². The number of hydrogen-bond acceptors (Lipinski definition) is 4. The normalized spacial score (nSPS) is 12.0. The Morgan fingerprint density at radius 1 is 1.33 bits per heavy atom. The second-order valence-corrected chi connectivity index (χ2v) is 6.34. The maximum atomic E-state index is 4.05. The van der Waals surface area contributed by atoms with E-state index < -0.39 is 0 Å². The molecule has 0 unspecified atom stereocenters. The zero-order valence-corrected chi connectivity index (χ0v) is 9.55. The number of aromatic nitrogens is 2. The minimum absolute atomic E-state index is 0.365. The molecule has 0 fully saturated rings. The highest BCUT2D eigenvalue weighted by Crippen LogP contribution is 2.28. The van der Waals surface area contributed by atoms with Gasteiger partial charge in [-0.05, 0) is 12.3 Å². The van der Waals surface area contributed by atoms with Gasteiger partial charge in [-0.1, -0.05) is 43.9 Å². The van der Waals surface area contributed by atoms with Crippen molar-refractivity contribution in [2.24, 2.45) is 5.41 Å². The molecule has 0 saturated carbocycles. The summed E-state index contributed by atoms with van der Waals surface area (Å²) in [5, 5.41) is 9.06. The standard InChI is InChI=1S/C8H14N2S2/c1-6-9-10-7(12-6)11-5-8(2,3)4/h5H2,1-4H3. The number of nitrogens with zero attached hydrogens (tertiary/aromatic N) is 2. The fourth-order valence-corrected chi connectivity index (χ4v) is 2.46. The third kappa shape index (κ3) is 3.54. The van der Waals surface area contributed by atoms with Gasteiger partial charge in [0.25, 0.3) is 0 Å². The molecule has 1 heterocycles. The van der Waals surface area contributed by atoms with Crippen LogP contribution in [0.1, 0.15) is 25.8 Å². The fourth-order valence-electron chi connectivity index (χ4n) is 0.615. The van der Waals surface area contributed by atoms with E-state index in [1.165, 1.54) is 0 Å². The Labute approximate surface area is 81.8 Å². The molecule has 2 nitrogen and oxygen atoms in total. The van der Waals surface area contributed by atoms with Crippen molar-refractivity contribution in [3.8, 4) is 0 Å². The SMILES string of the molecule is Cc1nnc(SCC(C)(C)C)s1. The van der Waals surface area contributed by atoms with Gasteiger partial charge in [-0.2, -0.15) is 0 Å². The van der Waals surface area contributed by atoms with Gasteiger partial charge in [0.15, 0.2) is 4.34 Å². The number of rotatable bonds is 2. The summed E-state index contributed by atoms with van der Waals surface area (Å²) >= 11 is 3.46. The molecule has 0 aliphatic rings. The van der Waals surface area contributed by atoms with E-state index in [2.05, 4.69) is 31.0 Å². The molecule has 12 heavy (non-hydrogen) atoms. The second kappa shape index (κ2) is 3.75. The summed E-state index contributed by atoms with van der Waals surface area (Å²) in [5.41, 5.74) is 0.365. The van der Waals surface area contributed by atoms with Crippen molar-refractivity contribution in [2.75, 3.05) is 5.75 Å². The zero-order chi connectivity index (χ0) is 9.19. The maximum Gasteiger partial charge on any atom is 0.174 e. The number of thioether (sulfide) groups is 1. The van der Waals surface area contributed by atoms with E-state index in [9.17, 15) is 0 Å². The van der Waals surface area contributed by atoms with E-state index in [0.717, 1.165) is 15.1 Å². The summed E-state index contributed by atoms with van der Waals surface area (Å²) < 4.78 is 1.09. The highest BCUT2D eigenvalue weighted by atomic mass is 32.2. The Balaban J connectivity index is 2.44. The van der Waals surface area contributed by atoms with Crippen LogP contribution in [0.5, 0.6) is 0 Å². The second-order valence-electron chi connectivity index (χ2n) is 3.94. The molecule has 0 saturated heterocycles. The topological polar surface area (TPSA) is 25.8 Å². The van der Waals surface area contributed by atoms with Gasteiger partial charge in [0.2, 0.25) is 0 Å². The summed E-state index contributed by atoms with van der Waals surface area (Å²) in [6.45, 7) is 8.68. The molecule has 1 rings (SSSR count). The molecule has 0 amide bonds. The number of hydrogen-bond donors (Lipinski definition) is 0. The molecular weight excluding hydrogens is 188 g/mol. The molecule has 0 atom stereocenters. The summed E-state index contributed by atoms with van der Waals surface area (Å²) in [4.78, 5) is 0. The maximum absolute atomic E-state index is 4.05. The Bertz CT molecular complexity index is 250. The van der Waals surface area contributed by atoms with Crippen molar-refractivity contribution < 1.29 is 0 Å². The molecule has 0 spiro atoms. The average molecular weight is 202 g/mol. The van der Waals surface area contributed by atoms with E-state index >= 15 is 0 Å². The van der Waals surface area contributed by atoms with Crippen molar-refractivity contribution >= 4 is 23.1 Å². The smallest absolute Gasteiger partial charge is 0.143 e. The minimum atomic E-state index is 0.365.